The molecule has 2 N–H and O–H groups in total. The van der Waals surface area contributed by atoms with Gasteiger partial charge in [-0.3, -0.25) is 9.52 Å². The minimum Gasteiger partial charge on any atom is -0.303 e. The van der Waals surface area contributed by atoms with Gasteiger partial charge in [-0.25, -0.2) is 12.8 Å². The topological polar surface area (TPSA) is 75.3 Å². The molecule has 2 fully saturated rings. The van der Waals surface area contributed by atoms with Gasteiger partial charge in [-0.1, -0.05) is 45.3 Å². The van der Waals surface area contributed by atoms with E-state index in [4.69, 9.17) is 0 Å². The number of halogens is 1. The van der Waals surface area contributed by atoms with Crippen molar-refractivity contribution in [1.29, 1.82) is 0 Å². The largest absolute Gasteiger partial charge is 0.303 e. The van der Waals surface area contributed by atoms with Crippen LogP contribution in [0.15, 0.2) is 12.2 Å². The monoisotopic (exact) mass is 374 g/mol. The minimum atomic E-state index is -3.96. The first kappa shape index (κ1) is 20.4. The van der Waals surface area contributed by atoms with Crippen LogP contribution >= 0.6 is 0 Å². The number of alkyl halides is 1. The van der Waals surface area contributed by atoms with E-state index in [1.165, 1.54) is 0 Å². The molecule has 0 heterocycles. The number of hydrogen-bond acceptors (Lipinski definition) is 4. The molecule has 1 amide bonds. The van der Waals surface area contributed by atoms with Gasteiger partial charge in [0.15, 0.2) is 0 Å². The number of rotatable bonds is 12. The second-order valence-electron chi connectivity index (χ2n) is 7.38. The fraction of sp³-hybridized carbons (Fsp3) is 0.833. The van der Waals surface area contributed by atoms with Crippen LogP contribution in [-0.2, 0) is 14.8 Å². The van der Waals surface area contributed by atoms with Crippen molar-refractivity contribution < 1.29 is 17.6 Å². The number of carbonyl (C=O) groups is 1. The SMILES string of the molecule is CCCC=CC1CC1(NCCCCC)C(=O)NS(=O)(=O)C1(CF)CC1. The molecule has 2 atom stereocenters. The Hall–Kier alpha value is -0.950. The van der Waals surface area contributed by atoms with Crippen LogP contribution in [0.1, 0.15) is 65.2 Å². The molecule has 0 aromatic rings. The molecule has 2 aliphatic carbocycles. The Morgan fingerprint density at radius 1 is 1.24 bits per heavy atom. The lowest BCUT2D eigenvalue weighted by Gasteiger charge is -2.21. The van der Waals surface area contributed by atoms with Crippen LogP contribution < -0.4 is 10.0 Å². The van der Waals surface area contributed by atoms with E-state index in [1.807, 2.05) is 12.2 Å². The highest BCUT2D eigenvalue weighted by Crippen LogP contribution is 2.47. The maximum atomic E-state index is 13.1. The van der Waals surface area contributed by atoms with Gasteiger partial charge in [0.05, 0.1) is 0 Å². The lowest BCUT2D eigenvalue weighted by Crippen LogP contribution is -2.52. The molecule has 0 aliphatic heterocycles. The first-order valence-electron chi connectivity index (χ1n) is 9.42. The molecule has 5 nitrogen and oxygen atoms in total. The highest BCUT2D eigenvalue weighted by atomic mass is 32.2. The summed E-state index contributed by atoms with van der Waals surface area (Å²) < 4.78 is 38.6. The van der Waals surface area contributed by atoms with Crippen molar-refractivity contribution in [3.63, 3.8) is 0 Å². The zero-order valence-electron chi connectivity index (χ0n) is 15.3. The average molecular weight is 375 g/mol. The van der Waals surface area contributed by atoms with E-state index in [-0.39, 0.29) is 18.8 Å². The van der Waals surface area contributed by atoms with Crippen LogP contribution in [0.2, 0.25) is 0 Å². The molecular weight excluding hydrogens is 343 g/mol. The predicted octanol–water partition coefficient (Wildman–Crippen LogP) is 2.83. The van der Waals surface area contributed by atoms with Crippen LogP contribution in [-0.4, -0.2) is 37.8 Å². The Labute approximate surface area is 150 Å². The Morgan fingerprint density at radius 3 is 2.52 bits per heavy atom. The van der Waals surface area contributed by atoms with Crippen molar-refractivity contribution in [3.8, 4) is 0 Å². The van der Waals surface area contributed by atoms with Crippen LogP contribution in [0.5, 0.6) is 0 Å². The second-order valence-corrected chi connectivity index (χ2v) is 9.46. The summed E-state index contributed by atoms with van der Waals surface area (Å²) in [6.45, 7) is 3.92. The Morgan fingerprint density at radius 2 is 1.96 bits per heavy atom. The number of unbranched alkanes of at least 4 members (excludes halogenated alkanes) is 3. The lowest BCUT2D eigenvalue weighted by atomic mass is 10.1. The quantitative estimate of drug-likeness (QED) is 0.407. The predicted molar refractivity (Wildman–Crippen MR) is 97.4 cm³/mol. The van der Waals surface area contributed by atoms with E-state index in [1.54, 1.807) is 0 Å². The fourth-order valence-electron chi connectivity index (χ4n) is 3.11. The standard InChI is InChI=1S/C18H31FN2O3S/c1-3-5-7-9-15-13-18(15,20-12-8-6-4-2)16(22)21-25(23,24)17(14-19)10-11-17/h7,9,15,20H,3-6,8,10-14H2,1-2H3,(H,21,22). The van der Waals surface area contributed by atoms with Crippen LogP contribution in [0.4, 0.5) is 4.39 Å². The molecule has 0 aromatic heterocycles. The molecule has 7 heteroatoms. The molecule has 2 unspecified atom stereocenters. The van der Waals surface area contributed by atoms with E-state index in [9.17, 15) is 17.6 Å². The lowest BCUT2D eigenvalue weighted by molar-refractivity contribution is -0.122. The van der Waals surface area contributed by atoms with Crippen molar-refractivity contribution in [3.05, 3.63) is 12.2 Å². The van der Waals surface area contributed by atoms with Crippen molar-refractivity contribution in [2.75, 3.05) is 13.2 Å². The highest BCUT2D eigenvalue weighted by Gasteiger charge is 2.62. The fourth-order valence-corrected chi connectivity index (χ4v) is 4.54. The van der Waals surface area contributed by atoms with Crippen LogP contribution in [0, 0.1) is 5.92 Å². The third kappa shape index (κ3) is 4.42. The molecule has 2 rings (SSSR count). The third-order valence-electron chi connectivity index (χ3n) is 5.31. The van der Waals surface area contributed by atoms with Crippen LogP contribution in [0.3, 0.4) is 0 Å². The first-order valence-corrected chi connectivity index (χ1v) is 10.9. The number of carbonyl (C=O) groups excluding carboxylic acids is 1. The second kappa shape index (κ2) is 8.16. The molecule has 2 aliphatic rings. The smallest absolute Gasteiger partial charge is 0.254 e. The number of sulfonamides is 1. The summed E-state index contributed by atoms with van der Waals surface area (Å²) in [7, 11) is -3.96. The third-order valence-corrected chi connectivity index (χ3v) is 7.42. The molecule has 0 aromatic carbocycles. The summed E-state index contributed by atoms with van der Waals surface area (Å²) >= 11 is 0. The number of amides is 1. The van der Waals surface area contributed by atoms with Gasteiger partial charge in [0, 0.05) is 5.92 Å². The highest BCUT2D eigenvalue weighted by molar-refractivity contribution is 7.91. The molecule has 144 valence electrons. The Kier molecular flexibility index (Phi) is 6.65. The number of hydrogen-bond donors (Lipinski definition) is 2. The number of allylic oxidation sites excluding steroid dienone is 1. The van der Waals surface area contributed by atoms with Crippen molar-refractivity contribution >= 4 is 15.9 Å². The molecule has 0 bridgehead atoms. The van der Waals surface area contributed by atoms with E-state index in [2.05, 4.69) is 23.9 Å². The number of nitrogens with one attached hydrogen (secondary N) is 2. The zero-order valence-corrected chi connectivity index (χ0v) is 16.1. The zero-order chi connectivity index (χ0) is 18.6. The van der Waals surface area contributed by atoms with Gasteiger partial charge in [-0.15, -0.1) is 0 Å². The summed E-state index contributed by atoms with van der Waals surface area (Å²) in [6, 6.07) is 0. The maximum absolute atomic E-state index is 13.1. The van der Waals surface area contributed by atoms with E-state index in [0.29, 0.717) is 13.0 Å². The average Bonchev–Trinajstić information content (AvgIpc) is 3.47. The molecule has 0 radical (unpaired) electrons. The van der Waals surface area contributed by atoms with Crippen molar-refractivity contribution in [1.82, 2.24) is 10.0 Å². The van der Waals surface area contributed by atoms with Crippen LogP contribution in [0.25, 0.3) is 0 Å². The van der Waals surface area contributed by atoms with E-state index < -0.39 is 32.9 Å². The summed E-state index contributed by atoms with van der Waals surface area (Å²) in [5.74, 6) is -0.536. The first-order chi connectivity index (χ1) is 11.9. The van der Waals surface area contributed by atoms with Gasteiger partial charge in [0.2, 0.25) is 10.0 Å². The summed E-state index contributed by atoms with van der Waals surface area (Å²) in [5.41, 5.74) is -0.864. The maximum Gasteiger partial charge on any atom is 0.254 e. The molecule has 0 saturated heterocycles. The summed E-state index contributed by atoms with van der Waals surface area (Å²) in [5, 5.41) is 3.27. The Balaban J connectivity index is 2.04. The minimum absolute atomic E-state index is 0.00333. The van der Waals surface area contributed by atoms with Gasteiger partial charge >= 0.3 is 0 Å². The summed E-state index contributed by atoms with van der Waals surface area (Å²) in [4.78, 5) is 12.7. The molecule has 0 spiro atoms. The molecule has 25 heavy (non-hydrogen) atoms. The van der Waals surface area contributed by atoms with Gasteiger partial charge < -0.3 is 5.32 Å². The van der Waals surface area contributed by atoms with Gasteiger partial charge in [-0.2, -0.15) is 0 Å². The van der Waals surface area contributed by atoms with E-state index in [0.717, 1.165) is 32.1 Å². The van der Waals surface area contributed by atoms with E-state index >= 15 is 0 Å². The van der Waals surface area contributed by atoms with Gasteiger partial charge in [0.25, 0.3) is 5.91 Å². The van der Waals surface area contributed by atoms with Gasteiger partial charge in [-0.05, 0) is 38.6 Å². The van der Waals surface area contributed by atoms with Gasteiger partial charge in [0.1, 0.15) is 17.0 Å². The summed E-state index contributed by atoms with van der Waals surface area (Å²) in [6.07, 6.45) is 10.2. The molecule has 2 saturated carbocycles. The normalized spacial score (nSPS) is 27.4. The molecular formula is C18H31FN2O3S. The van der Waals surface area contributed by atoms with Crippen molar-refractivity contribution in [2.45, 2.75) is 75.5 Å². The van der Waals surface area contributed by atoms with Crippen molar-refractivity contribution in [2.24, 2.45) is 5.92 Å². The Bertz CT molecular complexity index is 601.